The van der Waals surface area contributed by atoms with E-state index in [0.717, 1.165) is 5.56 Å². The lowest BCUT2D eigenvalue weighted by Gasteiger charge is -2.22. The van der Waals surface area contributed by atoms with Gasteiger partial charge in [-0.15, -0.1) is 0 Å². The van der Waals surface area contributed by atoms with Gasteiger partial charge < -0.3 is 15.3 Å². The first-order valence-electron chi connectivity index (χ1n) is 6.39. The first-order chi connectivity index (χ1) is 9.43. The number of rotatable bonds is 6. The van der Waals surface area contributed by atoms with Crippen LogP contribution in [0.15, 0.2) is 24.3 Å². The Morgan fingerprint density at radius 3 is 2.80 bits per heavy atom. The zero-order valence-electron chi connectivity index (χ0n) is 12.0. The third-order valence-corrected chi connectivity index (χ3v) is 4.07. The van der Waals surface area contributed by atoms with Crippen molar-refractivity contribution in [1.82, 2.24) is 10.2 Å². The zero-order chi connectivity index (χ0) is 15.1. The van der Waals surface area contributed by atoms with Gasteiger partial charge in [-0.1, -0.05) is 23.7 Å². The molecular formula is C14H21ClN2O2S. The van der Waals surface area contributed by atoms with E-state index in [1.807, 2.05) is 30.5 Å². The van der Waals surface area contributed by atoms with Gasteiger partial charge in [0.25, 0.3) is 0 Å². The predicted molar refractivity (Wildman–Crippen MR) is 85.4 cm³/mol. The van der Waals surface area contributed by atoms with Gasteiger partial charge in [0.1, 0.15) is 0 Å². The van der Waals surface area contributed by atoms with E-state index in [0.29, 0.717) is 18.1 Å². The minimum atomic E-state index is -0.532. The van der Waals surface area contributed by atoms with E-state index in [4.69, 9.17) is 11.6 Å². The number of carbonyl (C=O) groups is 1. The molecule has 1 rings (SSSR count). The number of thioether (sulfide) groups is 1. The van der Waals surface area contributed by atoms with Gasteiger partial charge in [0.15, 0.2) is 0 Å². The van der Waals surface area contributed by atoms with Crippen LogP contribution < -0.4 is 5.32 Å². The lowest BCUT2D eigenvalue weighted by Crippen LogP contribution is -2.41. The number of urea groups is 1. The van der Waals surface area contributed by atoms with Crippen LogP contribution in [0.3, 0.4) is 0 Å². The van der Waals surface area contributed by atoms with Crippen LogP contribution in [0.25, 0.3) is 0 Å². The Bertz CT molecular complexity index is 443. The lowest BCUT2D eigenvalue weighted by atomic mass is 10.1. The molecule has 0 saturated carbocycles. The zero-order valence-corrected chi connectivity index (χ0v) is 13.5. The van der Waals surface area contributed by atoms with Gasteiger partial charge in [-0.2, -0.15) is 11.8 Å². The number of hydrogen-bond donors (Lipinski definition) is 2. The Labute approximate surface area is 129 Å². The number of likely N-dealkylation sites (N-methyl/N-ethyl adjacent to an activating group) is 1. The number of aliphatic hydroxyl groups excluding tert-OH is 1. The molecule has 112 valence electrons. The summed E-state index contributed by atoms with van der Waals surface area (Å²) in [6, 6.07) is 7.46. The van der Waals surface area contributed by atoms with Crippen LogP contribution >= 0.6 is 23.4 Å². The Kier molecular flexibility index (Phi) is 7.19. The average Bonchev–Trinajstić information content (AvgIpc) is 2.38. The van der Waals surface area contributed by atoms with Gasteiger partial charge in [-0.3, -0.25) is 0 Å². The average molecular weight is 317 g/mol. The van der Waals surface area contributed by atoms with E-state index in [9.17, 15) is 9.90 Å². The minimum Gasteiger partial charge on any atom is -0.392 e. The van der Waals surface area contributed by atoms with Crippen LogP contribution in [0, 0.1) is 0 Å². The van der Waals surface area contributed by atoms with Gasteiger partial charge in [-0.25, -0.2) is 4.79 Å². The molecule has 0 spiro atoms. The molecule has 2 atom stereocenters. The fourth-order valence-electron chi connectivity index (χ4n) is 1.84. The number of hydrogen-bond acceptors (Lipinski definition) is 3. The fraction of sp³-hybridized carbons (Fsp3) is 0.500. The highest BCUT2D eigenvalue weighted by Crippen LogP contribution is 2.27. The summed E-state index contributed by atoms with van der Waals surface area (Å²) in [5, 5.41) is 13.0. The molecule has 0 bridgehead atoms. The number of halogens is 1. The molecule has 0 aliphatic heterocycles. The van der Waals surface area contributed by atoms with Crippen molar-refractivity contribution in [3.05, 3.63) is 34.9 Å². The van der Waals surface area contributed by atoms with Crippen LogP contribution in [0.1, 0.15) is 17.7 Å². The first-order valence-corrected chi connectivity index (χ1v) is 8.06. The number of aliphatic hydroxyl groups is 1. The maximum Gasteiger partial charge on any atom is 0.317 e. The smallest absolute Gasteiger partial charge is 0.317 e. The molecule has 0 aliphatic carbocycles. The van der Waals surface area contributed by atoms with Crippen molar-refractivity contribution in [2.24, 2.45) is 0 Å². The molecule has 4 nitrogen and oxygen atoms in total. The number of nitrogens with one attached hydrogen (secondary N) is 1. The Balaban J connectivity index is 2.55. The molecule has 0 aromatic heterocycles. The highest BCUT2D eigenvalue weighted by atomic mass is 35.5. The molecule has 0 radical (unpaired) electrons. The van der Waals surface area contributed by atoms with E-state index < -0.39 is 6.10 Å². The van der Waals surface area contributed by atoms with E-state index >= 15 is 0 Å². The molecule has 20 heavy (non-hydrogen) atoms. The maximum absolute atomic E-state index is 11.9. The van der Waals surface area contributed by atoms with Crippen LogP contribution in [0.4, 0.5) is 4.79 Å². The molecule has 2 N–H and O–H groups in total. The first kappa shape index (κ1) is 17.1. The van der Waals surface area contributed by atoms with Crippen molar-refractivity contribution in [2.75, 3.05) is 26.4 Å². The summed E-state index contributed by atoms with van der Waals surface area (Å²) in [5.74, 6) is 0. The summed E-state index contributed by atoms with van der Waals surface area (Å²) in [6.07, 6.45) is 1.46. The Morgan fingerprint density at radius 1 is 1.55 bits per heavy atom. The monoisotopic (exact) mass is 316 g/mol. The maximum atomic E-state index is 11.9. The fourth-order valence-corrected chi connectivity index (χ4v) is 2.71. The number of carbonyl (C=O) groups excluding carboxylic acids is 1. The van der Waals surface area contributed by atoms with Crippen molar-refractivity contribution in [2.45, 2.75) is 18.3 Å². The molecule has 2 amide bonds. The van der Waals surface area contributed by atoms with Crippen LogP contribution in [0.2, 0.25) is 5.02 Å². The molecule has 6 heteroatoms. The van der Waals surface area contributed by atoms with Crippen molar-refractivity contribution in [3.63, 3.8) is 0 Å². The second-order valence-corrected chi connectivity index (χ2v) is 6.17. The van der Waals surface area contributed by atoms with Gasteiger partial charge in [0.05, 0.1) is 6.10 Å². The predicted octanol–water partition coefficient (Wildman–Crippen LogP) is 2.77. The SMILES string of the molecule is CS[C@@H](CNC(=O)N(C)C[C@@H](C)O)c1cccc(Cl)c1. The summed E-state index contributed by atoms with van der Waals surface area (Å²) < 4.78 is 0. The third-order valence-electron chi connectivity index (χ3n) is 2.83. The lowest BCUT2D eigenvalue weighted by molar-refractivity contribution is 0.144. The normalized spacial score (nSPS) is 13.7. The second-order valence-electron chi connectivity index (χ2n) is 4.69. The van der Waals surface area contributed by atoms with E-state index in [-0.39, 0.29) is 11.3 Å². The van der Waals surface area contributed by atoms with Crippen LogP contribution in [-0.4, -0.2) is 48.5 Å². The van der Waals surface area contributed by atoms with Gasteiger partial charge >= 0.3 is 6.03 Å². The molecule has 0 fully saturated rings. The Morgan fingerprint density at radius 2 is 2.25 bits per heavy atom. The van der Waals surface area contributed by atoms with Gasteiger partial charge in [0, 0.05) is 30.4 Å². The molecule has 1 aromatic carbocycles. The van der Waals surface area contributed by atoms with Crippen molar-refractivity contribution in [1.29, 1.82) is 0 Å². The van der Waals surface area contributed by atoms with E-state index in [1.165, 1.54) is 4.90 Å². The summed E-state index contributed by atoms with van der Waals surface area (Å²) in [5.41, 5.74) is 1.09. The number of amides is 2. The molecule has 0 unspecified atom stereocenters. The molecular weight excluding hydrogens is 296 g/mol. The summed E-state index contributed by atoms with van der Waals surface area (Å²) in [4.78, 5) is 13.3. The second kappa shape index (κ2) is 8.39. The van der Waals surface area contributed by atoms with E-state index in [1.54, 1.807) is 25.7 Å². The summed E-state index contributed by atoms with van der Waals surface area (Å²) in [6.45, 7) is 2.48. The third kappa shape index (κ3) is 5.61. The molecule has 0 saturated heterocycles. The summed E-state index contributed by atoms with van der Waals surface area (Å²) >= 11 is 7.64. The summed E-state index contributed by atoms with van der Waals surface area (Å²) in [7, 11) is 1.66. The Hall–Kier alpha value is -0.910. The topological polar surface area (TPSA) is 52.6 Å². The van der Waals surface area contributed by atoms with E-state index in [2.05, 4.69) is 5.32 Å². The molecule has 0 heterocycles. The molecule has 0 aliphatic rings. The standard InChI is InChI=1S/C14H21ClN2O2S/c1-10(18)9-17(2)14(19)16-8-13(20-3)11-5-4-6-12(15)7-11/h4-7,10,13,18H,8-9H2,1-3H3,(H,16,19)/t10-,13+/m1/s1. The quantitative estimate of drug-likeness (QED) is 0.848. The van der Waals surface area contributed by atoms with Crippen LogP contribution in [-0.2, 0) is 0 Å². The highest BCUT2D eigenvalue weighted by Gasteiger charge is 2.15. The van der Waals surface area contributed by atoms with Gasteiger partial charge in [0.2, 0.25) is 0 Å². The van der Waals surface area contributed by atoms with Gasteiger partial charge in [-0.05, 0) is 30.9 Å². The van der Waals surface area contributed by atoms with Crippen LogP contribution in [0.5, 0.6) is 0 Å². The molecule has 1 aromatic rings. The minimum absolute atomic E-state index is 0.151. The highest BCUT2D eigenvalue weighted by molar-refractivity contribution is 7.98. The number of benzene rings is 1. The van der Waals surface area contributed by atoms with Crippen molar-refractivity contribution < 1.29 is 9.90 Å². The number of nitrogens with zero attached hydrogens (tertiary/aromatic N) is 1. The van der Waals surface area contributed by atoms with Crippen molar-refractivity contribution in [3.8, 4) is 0 Å². The van der Waals surface area contributed by atoms with Crippen molar-refractivity contribution >= 4 is 29.4 Å². The largest absolute Gasteiger partial charge is 0.392 e.